The Morgan fingerprint density at radius 3 is 2.74 bits per heavy atom. The molecule has 0 radical (unpaired) electrons. The van der Waals surface area contributed by atoms with Gasteiger partial charge >= 0.3 is 0 Å². The molecule has 4 aliphatic heterocycles. The Kier molecular flexibility index (Phi) is 7.94. The van der Waals surface area contributed by atoms with Crippen molar-refractivity contribution < 1.29 is 18.7 Å². The van der Waals surface area contributed by atoms with E-state index in [1.54, 1.807) is 12.4 Å². The Labute approximate surface area is 245 Å². The summed E-state index contributed by atoms with van der Waals surface area (Å²) >= 11 is 0. The van der Waals surface area contributed by atoms with Gasteiger partial charge in [-0.2, -0.15) is 0 Å². The van der Waals surface area contributed by atoms with Crippen LogP contribution in [0.15, 0.2) is 24.7 Å². The van der Waals surface area contributed by atoms with Crippen molar-refractivity contribution in [2.75, 3.05) is 51.3 Å². The summed E-state index contributed by atoms with van der Waals surface area (Å²) in [6.45, 7) is 6.19. The van der Waals surface area contributed by atoms with E-state index in [9.17, 15) is 9.18 Å². The fraction of sp³-hybridized carbons (Fsp3) is 0.613. The summed E-state index contributed by atoms with van der Waals surface area (Å²) in [5, 5.41) is 11.9. The molecule has 1 atom stereocenters. The highest BCUT2D eigenvalue weighted by Crippen LogP contribution is 2.33. The van der Waals surface area contributed by atoms with Crippen LogP contribution in [0.3, 0.4) is 0 Å². The van der Waals surface area contributed by atoms with Gasteiger partial charge in [-0.15, -0.1) is 10.2 Å². The number of aromatic nitrogens is 4. The number of fused-ring (bicyclic) bond motifs is 2. The van der Waals surface area contributed by atoms with Crippen LogP contribution in [0.5, 0.6) is 5.75 Å². The molecular formula is C31H40FN7O3. The van der Waals surface area contributed by atoms with Crippen LogP contribution in [0.2, 0.25) is 0 Å². The first-order chi connectivity index (χ1) is 20.7. The van der Waals surface area contributed by atoms with Crippen LogP contribution in [-0.4, -0.2) is 87.3 Å². The van der Waals surface area contributed by atoms with Gasteiger partial charge in [-0.05, 0) is 76.1 Å². The van der Waals surface area contributed by atoms with E-state index in [0.717, 1.165) is 107 Å². The molecule has 3 fully saturated rings. The monoisotopic (exact) mass is 577 g/mol. The predicted octanol–water partition coefficient (Wildman–Crippen LogP) is 3.80. The molecule has 3 saturated heterocycles. The number of ether oxygens (including phenoxy) is 2. The molecule has 224 valence electrons. The van der Waals surface area contributed by atoms with Crippen molar-refractivity contribution in [2.45, 2.75) is 69.9 Å². The SMILES string of the molecule is O=C(C1CCN(C2CCOCC2)CC1)N1CCC[C@@H](c2cnc(NCc3c(F)ccc4c3CCO4)n3cnnc23)CC1. The Hall–Kier alpha value is -3.31. The number of benzene rings is 1. The highest BCUT2D eigenvalue weighted by Gasteiger charge is 2.33. The van der Waals surface area contributed by atoms with E-state index in [4.69, 9.17) is 14.5 Å². The number of hydrogen-bond donors (Lipinski definition) is 1. The normalized spacial score (nSPS) is 22.6. The highest BCUT2D eigenvalue weighted by atomic mass is 19.1. The number of likely N-dealkylation sites (tertiary alicyclic amines) is 2. The van der Waals surface area contributed by atoms with Gasteiger partial charge in [0.25, 0.3) is 0 Å². The van der Waals surface area contributed by atoms with Gasteiger partial charge in [-0.3, -0.25) is 9.20 Å². The molecule has 42 heavy (non-hydrogen) atoms. The number of hydrogen-bond acceptors (Lipinski definition) is 8. The van der Waals surface area contributed by atoms with Gasteiger partial charge in [0, 0.05) is 74.1 Å². The summed E-state index contributed by atoms with van der Waals surface area (Å²) in [7, 11) is 0. The van der Waals surface area contributed by atoms with E-state index in [1.165, 1.54) is 6.07 Å². The summed E-state index contributed by atoms with van der Waals surface area (Å²) < 4.78 is 27.7. The summed E-state index contributed by atoms with van der Waals surface area (Å²) in [5.41, 5.74) is 3.35. The Balaban J connectivity index is 0.985. The molecule has 1 N–H and O–H groups in total. The number of halogens is 1. The largest absolute Gasteiger partial charge is 0.493 e. The van der Waals surface area contributed by atoms with Crippen LogP contribution in [-0.2, 0) is 22.5 Å². The molecule has 1 amide bonds. The maximum Gasteiger partial charge on any atom is 0.225 e. The Morgan fingerprint density at radius 2 is 1.88 bits per heavy atom. The van der Waals surface area contributed by atoms with Crippen LogP contribution in [0.25, 0.3) is 5.65 Å². The first-order valence-corrected chi connectivity index (χ1v) is 15.6. The number of anilines is 1. The van der Waals surface area contributed by atoms with Gasteiger partial charge in [0.2, 0.25) is 11.9 Å². The second-order valence-electron chi connectivity index (χ2n) is 12.1. The first kappa shape index (κ1) is 27.5. The zero-order valence-electron chi connectivity index (χ0n) is 24.1. The summed E-state index contributed by atoms with van der Waals surface area (Å²) in [5.74, 6) is 1.80. The highest BCUT2D eigenvalue weighted by molar-refractivity contribution is 5.79. The number of carbonyl (C=O) groups excluding carboxylic acids is 1. The molecule has 2 aromatic heterocycles. The van der Waals surface area contributed by atoms with Gasteiger partial charge in [0.15, 0.2) is 5.65 Å². The van der Waals surface area contributed by atoms with Crippen LogP contribution >= 0.6 is 0 Å². The average molecular weight is 578 g/mol. The minimum Gasteiger partial charge on any atom is -0.493 e. The molecule has 0 spiro atoms. The third kappa shape index (κ3) is 5.44. The number of nitrogens with one attached hydrogen (secondary N) is 1. The van der Waals surface area contributed by atoms with Gasteiger partial charge < -0.3 is 24.6 Å². The molecule has 0 unspecified atom stereocenters. The van der Waals surface area contributed by atoms with E-state index < -0.39 is 0 Å². The van der Waals surface area contributed by atoms with E-state index in [-0.39, 0.29) is 17.7 Å². The topological polar surface area (TPSA) is 97.1 Å². The number of rotatable bonds is 6. The Morgan fingerprint density at radius 1 is 1.02 bits per heavy atom. The van der Waals surface area contributed by atoms with Crippen molar-refractivity contribution in [3.63, 3.8) is 0 Å². The smallest absolute Gasteiger partial charge is 0.225 e. The quantitative estimate of drug-likeness (QED) is 0.473. The lowest BCUT2D eigenvalue weighted by atomic mass is 9.92. The van der Waals surface area contributed by atoms with E-state index in [0.29, 0.717) is 43.0 Å². The molecule has 0 bridgehead atoms. The van der Waals surface area contributed by atoms with E-state index >= 15 is 0 Å². The third-order valence-corrected chi connectivity index (χ3v) is 9.79. The van der Waals surface area contributed by atoms with Crippen molar-refractivity contribution in [3.8, 4) is 5.75 Å². The van der Waals surface area contributed by atoms with Crippen molar-refractivity contribution in [1.82, 2.24) is 29.4 Å². The fourth-order valence-corrected chi connectivity index (χ4v) is 7.38. The zero-order chi connectivity index (χ0) is 28.5. The molecule has 4 aliphatic rings. The Bertz CT molecular complexity index is 1420. The molecule has 7 rings (SSSR count). The maximum absolute atomic E-state index is 14.7. The maximum atomic E-state index is 14.7. The third-order valence-electron chi connectivity index (χ3n) is 9.79. The number of piperidine rings is 1. The van der Waals surface area contributed by atoms with Gasteiger partial charge in [0.05, 0.1) is 6.61 Å². The molecular weight excluding hydrogens is 537 g/mol. The molecule has 0 saturated carbocycles. The molecule has 3 aromatic rings. The molecule has 10 nitrogen and oxygen atoms in total. The lowest BCUT2D eigenvalue weighted by Crippen LogP contribution is -2.47. The molecule has 11 heteroatoms. The van der Waals surface area contributed by atoms with Gasteiger partial charge in [-0.25, -0.2) is 9.37 Å². The fourth-order valence-electron chi connectivity index (χ4n) is 7.38. The van der Waals surface area contributed by atoms with Crippen LogP contribution in [0.1, 0.15) is 67.6 Å². The average Bonchev–Trinajstić information content (AvgIpc) is 3.66. The number of amides is 1. The van der Waals surface area contributed by atoms with Crippen molar-refractivity contribution in [1.29, 1.82) is 0 Å². The van der Waals surface area contributed by atoms with Crippen LogP contribution < -0.4 is 10.1 Å². The first-order valence-electron chi connectivity index (χ1n) is 15.6. The van der Waals surface area contributed by atoms with Crippen LogP contribution in [0.4, 0.5) is 10.3 Å². The lowest BCUT2D eigenvalue weighted by Gasteiger charge is -2.39. The molecule has 0 aliphatic carbocycles. The number of carbonyl (C=O) groups is 1. The second-order valence-corrected chi connectivity index (χ2v) is 12.1. The molecule has 6 heterocycles. The standard InChI is InChI=1S/C31H40FN7O3/c32-27-3-4-28-24(10-17-42-28)26(27)19-34-31-33-18-25(29-36-35-20-39(29)31)21-2-1-11-38(14-5-21)30(40)22-6-12-37(13-7-22)23-8-15-41-16-9-23/h3-4,18,20-23H,1-2,5-17,19H2,(H,33,34)/t21-/m1/s1. The summed E-state index contributed by atoms with van der Waals surface area (Å²) in [6, 6.07) is 3.78. The van der Waals surface area contributed by atoms with Gasteiger partial charge in [0.1, 0.15) is 17.9 Å². The summed E-state index contributed by atoms with van der Waals surface area (Å²) in [6.07, 6.45) is 11.2. The second kappa shape index (κ2) is 12.1. The van der Waals surface area contributed by atoms with Crippen molar-refractivity contribution >= 4 is 17.5 Å². The summed E-state index contributed by atoms with van der Waals surface area (Å²) in [4.78, 5) is 22.9. The number of nitrogens with zero attached hydrogens (tertiary/aromatic N) is 6. The van der Waals surface area contributed by atoms with Crippen LogP contribution in [0, 0.1) is 11.7 Å². The van der Waals surface area contributed by atoms with Crippen molar-refractivity contribution in [2.24, 2.45) is 5.92 Å². The van der Waals surface area contributed by atoms with E-state index in [2.05, 4.69) is 25.3 Å². The minimum atomic E-state index is -0.245. The van der Waals surface area contributed by atoms with Gasteiger partial charge in [-0.1, -0.05) is 0 Å². The minimum absolute atomic E-state index is 0.134. The van der Waals surface area contributed by atoms with E-state index in [1.807, 2.05) is 10.6 Å². The predicted molar refractivity (Wildman–Crippen MR) is 155 cm³/mol. The lowest BCUT2D eigenvalue weighted by molar-refractivity contribution is -0.137. The molecule has 1 aromatic carbocycles. The van der Waals surface area contributed by atoms with Crippen molar-refractivity contribution in [3.05, 3.63) is 47.2 Å². The zero-order valence-corrected chi connectivity index (χ0v) is 24.1.